The fraction of sp³-hybridized carbons (Fsp3) is 0.500. The minimum atomic E-state index is 0.223. The number of rotatable bonds is 4. The molecule has 3 nitrogen and oxygen atoms in total. The number of benzene rings is 1. The minimum Gasteiger partial charge on any atom is -0.319 e. The predicted octanol–water partition coefficient (Wildman–Crippen LogP) is 1.75. The maximum absolute atomic E-state index is 11.9. The van der Waals surface area contributed by atoms with Crippen molar-refractivity contribution in [2.24, 2.45) is 0 Å². The molecule has 3 heteroatoms. The van der Waals surface area contributed by atoms with Crippen LogP contribution in [0.25, 0.3) is 0 Å². The van der Waals surface area contributed by atoms with Crippen LogP contribution in [0, 0.1) is 0 Å². The zero-order valence-electron chi connectivity index (χ0n) is 10.8. The summed E-state index contributed by atoms with van der Waals surface area (Å²) in [5.41, 5.74) is 3.58. The Morgan fingerprint density at radius 3 is 2.82 bits per heavy atom. The number of carbonyl (C=O) groups excluding carboxylic acids is 1. The molecule has 1 aliphatic rings. The van der Waals surface area contributed by atoms with Crippen molar-refractivity contribution >= 4 is 11.6 Å². The topological polar surface area (TPSA) is 32.3 Å². The highest BCUT2D eigenvalue weighted by Gasteiger charge is 2.28. The van der Waals surface area contributed by atoms with Crippen molar-refractivity contribution in [2.45, 2.75) is 32.7 Å². The summed E-state index contributed by atoms with van der Waals surface area (Å²) in [6.07, 6.45) is 1.57. The van der Waals surface area contributed by atoms with Gasteiger partial charge in [0.25, 0.3) is 0 Å². The van der Waals surface area contributed by atoms with Crippen molar-refractivity contribution in [3.8, 4) is 0 Å². The summed E-state index contributed by atoms with van der Waals surface area (Å²) in [5, 5.41) is 3.14. The number of hydrogen-bond donors (Lipinski definition) is 1. The van der Waals surface area contributed by atoms with Crippen LogP contribution in [-0.4, -0.2) is 25.5 Å². The van der Waals surface area contributed by atoms with Crippen molar-refractivity contribution < 1.29 is 4.79 Å². The molecule has 0 bridgehead atoms. The Labute approximate surface area is 103 Å². The van der Waals surface area contributed by atoms with Crippen LogP contribution in [0.4, 0.5) is 5.69 Å². The summed E-state index contributed by atoms with van der Waals surface area (Å²) in [5.74, 6) is 0.223. The van der Waals surface area contributed by atoms with Crippen LogP contribution in [0.2, 0.25) is 0 Å². The van der Waals surface area contributed by atoms with Gasteiger partial charge in [-0.05, 0) is 51.1 Å². The van der Waals surface area contributed by atoms with E-state index < -0.39 is 0 Å². The average Bonchev–Trinajstić information content (AvgIpc) is 2.61. The number of likely N-dealkylation sites (N-methyl/N-ethyl adjacent to an activating group) is 1. The number of fused-ring (bicyclic) bond motifs is 1. The Kier molecular flexibility index (Phi) is 3.48. The maximum Gasteiger partial charge on any atom is 0.231 e. The van der Waals surface area contributed by atoms with Crippen molar-refractivity contribution in [3.63, 3.8) is 0 Å². The van der Waals surface area contributed by atoms with Gasteiger partial charge in [-0.2, -0.15) is 0 Å². The van der Waals surface area contributed by atoms with Crippen LogP contribution in [0.1, 0.15) is 25.0 Å². The summed E-state index contributed by atoms with van der Waals surface area (Å²) in [6.45, 7) is 5.09. The molecule has 1 heterocycles. The fourth-order valence-corrected chi connectivity index (χ4v) is 2.39. The number of amides is 1. The van der Waals surface area contributed by atoms with Gasteiger partial charge < -0.3 is 10.2 Å². The highest BCUT2D eigenvalue weighted by atomic mass is 16.2. The second-order valence-corrected chi connectivity index (χ2v) is 4.85. The van der Waals surface area contributed by atoms with Crippen molar-refractivity contribution in [1.82, 2.24) is 5.32 Å². The first-order chi connectivity index (χ1) is 8.13. The Morgan fingerprint density at radius 1 is 1.41 bits per heavy atom. The van der Waals surface area contributed by atoms with Gasteiger partial charge >= 0.3 is 0 Å². The quantitative estimate of drug-likeness (QED) is 0.857. The molecular weight excluding hydrogens is 212 g/mol. The van der Waals surface area contributed by atoms with E-state index in [1.165, 1.54) is 11.1 Å². The van der Waals surface area contributed by atoms with E-state index in [2.05, 4.69) is 37.4 Å². The number of hydrogen-bond acceptors (Lipinski definition) is 2. The van der Waals surface area contributed by atoms with Crippen LogP contribution >= 0.6 is 0 Å². The summed E-state index contributed by atoms with van der Waals surface area (Å²) < 4.78 is 0. The molecule has 1 amide bonds. The maximum atomic E-state index is 11.9. The Hall–Kier alpha value is -1.35. The Balaban J connectivity index is 2.25. The molecule has 17 heavy (non-hydrogen) atoms. The summed E-state index contributed by atoms with van der Waals surface area (Å²) in [4.78, 5) is 13.8. The van der Waals surface area contributed by atoms with E-state index >= 15 is 0 Å². The largest absolute Gasteiger partial charge is 0.319 e. The van der Waals surface area contributed by atoms with Crippen LogP contribution < -0.4 is 10.2 Å². The van der Waals surface area contributed by atoms with Gasteiger partial charge in [0.1, 0.15) is 0 Å². The van der Waals surface area contributed by atoms with Crippen molar-refractivity contribution in [3.05, 3.63) is 29.3 Å². The molecule has 0 fully saturated rings. The number of carbonyl (C=O) groups is 1. The molecule has 0 radical (unpaired) electrons. The van der Waals surface area contributed by atoms with Gasteiger partial charge in [0.2, 0.25) is 5.91 Å². The lowest BCUT2D eigenvalue weighted by Crippen LogP contribution is -2.33. The van der Waals surface area contributed by atoms with Gasteiger partial charge in [-0.3, -0.25) is 4.79 Å². The second-order valence-electron chi connectivity index (χ2n) is 4.85. The molecule has 0 aliphatic carbocycles. The average molecular weight is 232 g/mol. The Bertz CT molecular complexity index is 426. The van der Waals surface area contributed by atoms with Gasteiger partial charge in [0, 0.05) is 11.7 Å². The van der Waals surface area contributed by atoms with E-state index in [4.69, 9.17) is 0 Å². The third kappa shape index (κ3) is 2.34. The molecular formula is C14H20N2O. The van der Waals surface area contributed by atoms with Crippen LogP contribution in [0.3, 0.4) is 0 Å². The molecule has 0 spiro atoms. The first-order valence-corrected chi connectivity index (χ1v) is 6.22. The molecule has 0 unspecified atom stereocenters. The molecule has 0 aromatic heterocycles. The third-order valence-corrected chi connectivity index (χ3v) is 3.19. The monoisotopic (exact) mass is 232 g/mol. The van der Waals surface area contributed by atoms with Gasteiger partial charge in [-0.25, -0.2) is 0 Å². The molecule has 2 rings (SSSR count). The lowest BCUT2D eigenvalue weighted by atomic mass is 10.1. The van der Waals surface area contributed by atoms with E-state index in [0.717, 1.165) is 18.7 Å². The molecule has 0 saturated heterocycles. The molecule has 0 atom stereocenters. The SMILES string of the molecule is CNCCc1ccc2c(c1)CC(=O)N2C(C)C. The van der Waals surface area contributed by atoms with E-state index in [9.17, 15) is 4.79 Å². The zero-order chi connectivity index (χ0) is 12.4. The van der Waals surface area contributed by atoms with Gasteiger partial charge in [-0.15, -0.1) is 0 Å². The molecule has 0 saturated carbocycles. The fourth-order valence-electron chi connectivity index (χ4n) is 2.39. The Morgan fingerprint density at radius 2 is 2.18 bits per heavy atom. The molecule has 1 aromatic carbocycles. The van der Waals surface area contributed by atoms with Crippen molar-refractivity contribution in [1.29, 1.82) is 0 Å². The predicted molar refractivity (Wildman–Crippen MR) is 70.4 cm³/mol. The van der Waals surface area contributed by atoms with Crippen LogP contribution in [0.15, 0.2) is 18.2 Å². The van der Waals surface area contributed by atoms with E-state index in [0.29, 0.717) is 6.42 Å². The zero-order valence-corrected chi connectivity index (χ0v) is 10.8. The van der Waals surface area contributed by atoms with Crippen molar-refractivity contribution in [2.75, 3.05) is 18.5 Å². The van der Waals surface area contributed by atoms with Gasteiger partial charge in [-0.1, -0.05) is 12.1 Å². The number of anilines is 1. The van der Waals surface area contributed by atoms with Gasteiger partial charge in [0.05, 0.1) is 6.42 Å². The summed E-state index contributed by atoms with van der Waals surface area (Å²) in [7, 11) is 1.96. The van der Waals surface area contributed by atoms with Crippen LogP contribution in [0.5, 0.6) is 0 Å². The number of nitrogens with one attached hydrogen (secondary N) is 1. The molecule has 1 N–H and O–H groups in total. The molecule has 92 valence electrons. The highest BCUT2D eigenvalue weighted by molar-refractivity contribution is 6.01. The lowest BCUT2D eigenvalue weighted by molar-refractivity contribution is -0.117. The number of nitrogens with zero attached hydrogens (tertiary/aromatic N) is 1. The van der Waals surface area contributed by atoms with Crippen LogP contribution in [-0.2, 0) is 17.6 Å². The highest BCUT2D eigenvalue weighted by Crippen LogP contribution is 2.31. The summed E-state index contributed by atoms with van der Waals surface area (Å²) in [6, 6.07) is 6.63. The minimum absolute atomic E-state index is 0.223. The van der Waals surface area contributed by atoms with Gasteiger partial charge in [0.15, 0.2) is 0 Å². The second kappa shape index (κ2) is 4.88. The first kappa shape index (κ1) is 12.1. The first-order valence-electron chi connectivity index (χ1n) is 6.22. The normalized spacial score (nSPS) is 14.6. The smallest absolute Gasteiger partial charge is 0.231 e. The third-order valence-electron chi connectivity index (χ3n) is 3.19. The lowest BCUT2D eigenvalue weighted by Gasteiger charge is -2.21. The molecule has 1 aromatic rings. The van der Waals surface area contributed by atoms with E-state index in [1.807, 2.05) is 11.9 Å². The standard InChI is InChI=1S/C14H20N2O/c1-10(2)16-13-5-4-11(6-7-15-3)8-12(13)9-14(16)17/h4-5,8,10,15H,6-7,9H2,1-3H3. The molecule has 1 aliphatic heterocycles. The summed E-state index contributed by atoms with van der Waals surface area (Å²) >= 11 is 0. The van der Waals surface area contributed by atoms with E-state index in [-0.39, 0.29) is 11.9 Å². The van der Waals surface area contributed by atoms with E-state index in [1.54, 1.807) is 0 Å².